The van der Waals surface area contributed by atoms with Crippen molar-refractivity contribution in [1.29, 1.82) is 0 Å². The number of nitrogens with two attached hydrogens (primary N) is 1. The van der Waals surface area contributed by atoms with E-state index in [1.807, 2.05) is 13.8 Å². The first kappa shape index (κ1) is 13.4. The maximum Gasteiger partial charge on any atom is 0.323 e. The van der Waals surface area contributed by atoms with Gasteiger partial charge >= 0.3 is 6.01 Å². The van der Waals surface area contributed by atoms with E-state index in [9.17, 15) is 5.11 Å². The van der Waals surface area contributed by atoms with Crippen molar-refractivity contribution in [2.45, 2.75) is 32.8 Å². The van der Waals surface area contributed by atoms with Gasteiger partial charge in [0.25, 0.3) is 0 Å². The van der Waals surface area contributed by atoms with Crippen molar-refractivity contribution in [1.82, 2.24) is 15.0 Å². The van der Waals surface area contributed by atoms with Crippen LogP contribution < -0.4 is 15.8 Å². The van der Waals surface area contributed by atoms with E-state index in [4.69, 9.17) is 10.5 Å². The minimum atomic E-state index is -0.437. The van der Waals surface area contributed by atoms with E-state index in [0.717, 1.165) is 6.42 Å². The van der Waals surface area contributed by atoms with Crippen LogP contribution in [0.1, 0.15) is 26.7 Å². The summed E-state index contributed by atoms with van der Waals surface area (Å²) in [4.78, 5) is 11.8. The molecule has 0 spiro atoms. The molecule has 0 aromatic carbocycles. The molecule has 0 fully saturated rings. The summed E-state index contributed by atoms with van der Waals surface area (Å²) in [6, 6.07) is 0.202. The van der Waals surface area contributed by atoms with Crippen LogP contribution in [0.3, 0.4) is 0 Å². The zero-order valence-electron chi connectivity index (χ0n) is 10.2. The third kappa shape index (κ3) is 4.81. The lowest BCUT2D eigenvalue weighted by Gasteiger charge is -2.10. The Morgan fingerprint density at radius 3 is 2.76 bits per heavy atom. The lowest BCUT2D eigenvalue weighted by molar-refractivity contribution is 0.183. The number of hydrogen-bond acceptors (Lipinski definition) is 7. The fourth-order valence-corrected chi connectivity index (χ4v) is 1.06. The van der Waals surface area contributed by atoms with Crippen molar-refractivity contribution in [2.75, 3.05) is 24.2 Å². The van der Waals surface area contributed by atoms with Crippen LogP contribution >= 0.6 is 0 Å². The molecule has 0 amide bonds. The van der Waals surface area contributed by atoms with Crippen LogP contribution in [0.15, 0.2) is 0 Å². The smallest absolute Gasteiger partial charge is 0.323 e. The number of nitrogens with zero attached hydrogens (tertiary/aromatic N) is 3. The minimum Gasteiger partial charge on any atom is -0.463 e. The molecule has 1 aromatic rings. The molecule has 1 aromatic heterocycles. The van der Waals surface area contributed by atoms with Gasteiger partial charge in [-0.1, -0.05) is 13.8 Å². The van der Waals surface area contributed by atoms with Gasteiger partial charge in [-0.15, -0.1) is 0 Å². The van der Waals surface area contributed by atoms with Crippen LogP contribution in [-0.4, -0.2) is 39.3 Å². The molecule has 7 nitrogen and oxygen atoms in total. The molecule has 7 heteroatoms. The zero-order chi connectivity index (χ0) is 12.7. The van der Waals surface area contributed by atoms with Crippen LogP contribution in [0.2, 0.25) is 0 Å². The largest absolute Gasteiger partial charge is 0.463 e. The normalized spacial score (nSPS) is 12.2. The second-order valence-corrected chi connectivity index (χ2v) is 3.59. The Hall–Kier alpha value is -1.63. The number of nitrogens with one attached hydrogen (secondary N) is 1. The summed E-state index contributed by atoms with van der Waals surface area (Å²) in [5, 5.41) is 12.3. The molecule has 0 aliphatic rings. The first-order valence-corrected chi connectivity index (χ1v) is 5.72. The molecule has 1 rings (SSSR count). The molecule has 0 aliphatic heterocycles. The number of nitrogen functional groups attached to an aromatic ring is 1. The van der Waals surface area contributed by atoms with Gasteiger partial charge in [0.15, 0.2) is 0 Å². The average Bonchev–Trinajstić information content (AvgIpc) is 2.32. The van der Waals surface area contributed by atoms with Gasteiger partial charge in [0.1, 0.15) is 0 Å². The molecular weight excluding hydrogens is 222 g/mol. The highest BCUT2D eigenvalue weighted by Gasteiger charge is 2.06. The van der Waals surface area contributed by atoms with E-state index < -0.39 is 6.10 Å². The third-order valence-electron chi connectivity index (χ3n) is 2.03. The lowest BCUT2D eigenvalue weighted by Crippen LogP contribution is -2.20. The summed E-state index contributed by atoms with van der Waals surface area (Å²) in [7, 11) is 0. The molecule has 1 unspecified atom stereocenters. The van der Waals surface area contributed by atoms with Gasteiger partial charge in [-0.2, -0.15) is 15.0 Å². The average molecular weight is 241 g/mol. The van der Waals surface area contributed by atoms with Gasteiger partial charge in [-0.25, -0.2) is 0 Å². The molecule has 0 saturated heterocycles. The van der Waals surface area contributed by atoms with Gasteiger partial charge in [0.2, 0.25) is 11.9 Å². The quantitative estimate of drug-likeness (QED) is 0.635. The number of ether oxygens (including phenoxy) is 1. The highest BCUT2D eigenvalue weighted by molar-refractivity contribution is 5.32. The SMILES string of the molecule is CCCOc1nc(N)nc(NCC(O)CC)n1. The molecule has 1 atom stereocenters. The predicted molar refractivity (Wildman–Crippen MR) is 64.8 cm³/mol. The zero-order valence-corrected chi connectivity index (χ0v) is 10.2. The van der Waals surface area contributed by atoms with E-state index in [2.05, 4.69) is 20.3 Å². The first-order chi connectivity index (χ1) is 8.15. The fourth-order valence-electron chi connectivity index (χ4n) is 1.06. The molecule has 0 radical (unpaired) electrons. The fraction of sp³-hybridized carbons (Fsp3) is 0.700. The van der Waals surface area contributed by atoms with Gasteiger partial charge in [0.05, 0.1) is 12.7 Å². The maximum atomic E-state index is 9.40. The van der Waals surface area contributed by atoms with Crippen LogP contribution in [0.25, 0.3) is 0 Å². The third-order valence-corrected chi connectivity index (χ3v) is 2.03. The molecule has 17 heavy (non-hydrogen) atoms. The monoisotopic (exact) mass is 241 g/mol. The van der Waals surface area contributed by atoms with Crippen molar-refractivity contribution >= 4 is 11.9 Å². The summed E-state index contributed by atoms with van der Waals surface area (Å²) >= 11 is 0. The van der Waals surface area contributed by atoms with E-state index in [-0.39, 0.29) is 12.0 Å². The van der Waals surface area contributed by atoms with Crippen molar-refractivity contribution in [3.8, 4) is 6.01 Å². The molecule has 96 valence electrons. The number of hydrogen-bond donors (Lipinski definition) is 3. The van der Waals surface area contributed by atoms with Gasteiger partial charge in [0, 0.05) is 6.54 Å². The van der Waals surface area contributed by atoms with Crippen LogP contribution in [0.4, 0.5) is 11.9 Å². The van der Waals surface area contributed by atoms with Crippen LogP contribution in [0.5, 0.6) is 6.01 Å². The Morgan fingerprint density at radius 1 is 1.35 bits per heavy atom. The predicted octanol–water partition coefficient (Wildman–Crippen LogP) is 0.425. The Labute approximate surface area is 100 Å². The second-order valence-electron chi connectivity index (χ2n) is 3.59. The van der Waals surface area contributed by atoms with Gasteiger partial charge in [-0.3, -0.25) is 0 Å². The van der Waals surface area contributed by atoms with Crippen LogP contribution in [-0.2, 0) is 0 Å². The van der Waals surface area contributed by atoms with E-state index in [0.29, 0.717) is 25.5 Å². The Morgan fingerprint density at radius 2 is 2.12 bits per heavy atom. The number of anilines is 2. The number of aromatic nitrogens is 3. The summed E-state index contributed by atoms with van der Waals surface area (Å²) in [5.74, 6) is 0.413. The molecule has 0 aliphatic carbocycles. The first-order valence-electron chi connectivity index (χ1n) is 5.72. The maximum absolute atomic E-state index is 9.40. The van der Waals surface area contributed by atoms with Crippen molar-refractivity contribution in [3.05, 3.63) is 0 Å². The topological polar surface area (TPSA) is 106 Å². The molecular formula is C10H19N5O2. The summed E-state index contributed by atoms with van der Waals surface area (Å²) < 4.78 is 5.27. The van der Waals surface area contributed by atoms with Gasteiger partial charge in [-0.05, 0) is 12.8 Å². The van der Waals surface area contributed by atoms with E-state index in [1.54, 1.807) is 0 Å². The second kappa shape index (κ2) is 6.85. The van der Waals surface area contributed by atoms with Crippen LogP contribution in [0, 0.1) is 0 Å². The number of rotatable bonds is 7. The van der Waals surface area contributed by atoms with Gasteiger partial charge < -0.3 is 20.9 Å². The standard InChI is InChI=1S/C10H19N5O2/c1-3-5-17-10-14-8(11)13-9(15-10)12-6-7(16)4-2/h7,16H,3-6H2,1-2H3,(H3,11,12,13,14,15). The highest BCUT2D eigenvalue weighted by Crippen LogP contribution is 2.09. The molecule has 4 N–H and O–H groups in total. The minimum absolute atomic E-state index is 0.0968. The lowest BCUT2D eigenvalue weighted by atomic mass is 10.3. The summed E-state index contributed by atoms with van der Waals surface area (Å²) in [6.07, 6.45) is 1.09. The number of aliphatic hydroxyl groups is 1. The Kier molecular flexibility index (Phi) is 5.41. The molecule has 0 bridgehead atoms. The summed E-state index contributed by atoms with van der Waals surface area (Å²) in [6.45, 7) is 4.78. The Bertz CT molecular complexity index is 347. The molecule has 0 saturated carbocycles. The number of aliphatic hydroxyl groups excluding tert-OH is 1. The van der Waals surface area contributed by atoms with Crippen molar-refractivity contribution in [2.24, 2.45) is 0 Å². The summed E-state index contributed by atoms with van der Waals surface area (Å²) in [5.41, 5.74) is 5.53. The Balaban J connectivity index is 2.61. The van der Waals surface area contributed by atoms with Crippen molar-refractivity contribution < 1.29 is 9.84 Å². The van der Waals surface area contributed by atoms with E-state index >= 15 is 0 Å². The highest BCUT2D eigenvalue weighted by atomic mass is 16.5. The molecule has 1 heterocycles. The van der Waals surface area contributed by atoms with Crippen molar-refractivity contribution in [3.63, 3.8) is 0 Å². The van der Waals surface area contributed by atoms with E-state index in [1.165, 1.54) is 0 Å².